The lowest BCUT2D eigenvalue weighted by molar-refractivity contribution is 0.280. The summed E-state index contributed by atoms with van der Waals surface area (Å²) in [7, 11) is -4.11. The van der Waals surface area contributed by atoms with E-state index in [0.717, 1.165) is 0 Å². The van der Waals surface area contributed by atoms with Crippen LogP contribution in [0.3, 0.4) is 0 Å². The van der Waals surface area contributed by atoms with Crippen molar-refractivity contribution in [1.29, 1.82) is 0 Å². The van der Waals surface area contributed by atoms with E-state index in [0.29, 0.717) is 6.54 Å². The van der Waals surface area contributed by atoms with E-state index in [-0.39, 0.29) is 56.9 Å². The first kappa shape index (κ1) is 19.5. The minimum Gasteiger partial charge on any atom is -0.395 e. The minimum atomic E-state index is -4.11. The average molecular weight is 350 g/mol. The van der Waals surface area contributed by atoms with Gasteiger partial charge in [0.1, 0.15) is 0 Å². The number of hydrogen-bond acceptors (Lipinski definition) is 9. The van der Waals surface area contributed by atoms with Crippen LogP contribution in [-0.4, -0.2) is 80.5 Å². The maximum Gasteiger partial charge on any atom is 0.327 e. The Hall–Kier alpha value is -1.52. The maximum atomic E-state index is 10.9. The first-order chi connectivity index (χ1) is 10.9. The molecule has 1 rings (SSSR count). The second-order valence-electron chi connectivity index (χ2n) is 4.56. The number of aliphatic hydroxyl groups is 2. The van der Waals surface area contributed by atoms with Crippen LogP contribution in [0.5, 0.6) is 0 Å². The van der Waals surface area contributed by atoms with E-state index in [1.54, 1.807) is 4.90 Å². The molecule has 1 aromatic heterocycles. The molecule has 0 atom stereocenters. The summed E-state index contributed by atoms with van der Waals surface area (Å²) in [6, 6.07) is 0. The van der Waals surface area contributed by atoms with E-state index < -0.39 is 7.60 Å². The molecule has 0 saturated carbocycles. The van der Waals surface area contributed by atoms with Gasteiger partial charge in [-0.3, -0.25) is 4.57 Å². The van der Waals surface area contributed by atoms with E-state index in [2.05, 4.69) is 25.6 Å². The quantitative estimate of drug-likeness (QED) is 0.262. The highest BCUT2D eigenvalue weighted by Gasteiger charge is 2.15. The Morgan fingerprint density at radius 2 is 1.61 bits per heavy atom. The Bertz CT molecular complexity index is 522. The fourth-order valence-electron chi connectivity index (χ4n) is 1.69. The lowest BCUT2D eigenvalue weighted by Gasteiger charge is -2.21. The van der Waals surface area contributed by atoms with Crippen LogP contribution in [0.4, 0.5) is 17.8 Å². The molecule has 0 fully saturated rings. The normalized spacial score (nSPS) is 11.3. The van der Waals surface area contributed by atoms with Gasteiger partial charge < -0.3 is 35.5 Å². The number of aliphatic hydroxyl groups excluding tert-OH is 2. The molecule has 6 N–H and O–H groups in total. The summed E-state index contributed by atoms with van der Waals surface area (Å²) in [5, 5.41) is 23.8. The van der Waals surface area contributed by atoms with Gasteiger partial charge in [0.05, 0.1) is 19.4 Å². The van der Waals surface area contributed by atoms with Crippen molar-refractivity contribution >= 4 is 25.4 Å². The average Bonchev–Trinajstić information content (AvgIpc) is 2.46. The minimum absolute atomic E-state index is 0.000698. The third kappa shape index (κ3) is 7.53. The van der Waals surface area contributed by atoms with Crippen LogP contribution >= 0.6 is 7.60 Å². The van der Waals surface area contributed by atoms with Gasteiger partial charge in [0.2, 0.25) is 17.8 Å². The zero-order chi connectivity index (χ0) is 17.3. The molecule has 1 aromatic rings. The Labute approximate surface area is 134 Å². The molecule has 12 heteroatoms. The Balaban J connectivity index is 2.93. The number of nitrogens with zero attached hydrogens (tertiary/aromatic N) is 4. The third-order valence-corrected chi connectivity index (χ3v) is 3.47. The maximum absolute atomic E-state index is 10.9. The topological polar surface area (TPSA) is 164 Å². The van der Waals surface area contributed by atoms with E-state index >= 15 is 0 Å². The van der Waals surface area contributed by atoms with E-state index in [9.17, 15) is 4.57 Å². The molecule has 0 aliphatic carbocycles. The number of rotatable bonds is 11. The van der Waals surface area contributed by atoms with Crippen molar-refractivity contribution in [2.24, 2.45) is 0 Å². The fraction of sp³-hybridized carbons (Fsp3) is 0.727. The molecule has 11 nitrogen and oxygen atoms in total. The van der Waals surface area contributed by atoms with Gasteiger partial charge in [0.25, 0.3) is 0 Å². The number of anilines is 3. The lowest BCUT2D eigenvalue weighted by atomic mass is 10.5. The number of aromatic nitrogens is 3. The summed E-state index contributed by atoms with van der Waals surface area (Å²) in [6.07, 6.45) is -0.346. The molecule has 0 saturated heterocycles. The predicted octanol–water partition coefficient (Wildman–Crippen LogP) is -1.32. The van der Waals surface area contributed by atoms with Crippen LogP contribution in [0.25, 0.3) is 0 Å². The van der Waals surface area contributed by atoms with Gasteiger partial charge in [0.15, 0.2) is 0 Å². The lowest BCUT2D eigenvalue weighted by Crippen LogP contribution is -2.32. The van der Waals surface area contributed by atoms with Gasteiger partial charge in [-0.15, -0.1) is 0 Å². The number of nitrogens with one attached hydrogen (secondary N) is 2. The van der Waals surface area contributed by atoms with Gasteiger partial charge in [-0.1, -0.05) is 0 Å². The molecule has 0 bridgehead atoms. The van der Waals surface area contributed by atoms with Crippen molar-refractivity contribution in [3.05, 3.63) is 0 Å². The molecule has 0 aliphatic rings. The molecule has 0 unspecified atom stereocenters. The SMILES string of the molecule is CCNc1nc(NCCP(=O)(O)O)nc(N(CCO)CCO)n1. The highest BCUT2D eigenvalue weighted by Crippen LogP contribution is 2.33. The molecule has 1 heterocycles. The van der Waals surface area contributed by atoms with Gasteiger partial charge >= 0.3 is 7.60 Å². The fourth-order valence-corrected chi connectivity index (χ4v) is 2.09. The second kappa shape index (κ2) is 9.58. The first-order valence-corrected chi connectivity index (χ1v) is 8.94. The molecular weight excluding hydrogens is 327 g/mol. The van der Waals surface area contributed by atoms with Crippen molar-refractivity contribution in [2.45, 2.75) is 6.92 Å². The van der Waals surface area contributed by atoms with E-state index in [4.69, 9.17) is 20.0 Å². The Morgan fingerprint density at radius 3 is 2.09 bits per heavy atom. The Kier molecular flexibility index (Phi) is 8.13. The molecule has 23 heavy (non-hydrogen) atoms. The molecule has 0 amide bonds. The molecular formula is C11H23N6O5P. The molecule has 0 spiro atoms. The zero-order valence-electron chi connectivity index (χ0n) is 12.9. The summed E-state index contributed by atoms with van der Waals surface area (Å²) >= 11 is 0. The summed E-state index contributed by atoms with van der Waals surface area (Å²) < 4.78 is 10.9. The van der Waals surface area contributed by atoms with E-state index in [1.165, 1.54) is 0 Å². The van der Waals surface area contributed by atoms with Crippen LogP contribution in [0, 0.1) is 0 Å². The highest BCUT2D eigenvalue weighted by molar-refractivity contribution is 7.51. The van der Waals surface area contributed by atoms with Gasteiger partial charge in [-0.05, 0) is 6.92 Å². The smallest absolute Gasteiger partial charge is 0.327 e. The summed E-state index contributed by atoms with van der Waals surface area (Å²) in [5.74, 6) is 0.690. The van der Waals surface area contributed by atoms with Crippen molar-refractivity contribution < 1.29 is 24.6 Å². The molecule has 0 aromatic carbocycles. The highest BCUT2D eigenvalue weighted by atomic mass is 31.2. The Morgan fingerprint density at radius 1 is 1.04 bits per heavy atom. The zero-order valence-corrected chi connectivity index (χ0v) is 13.8. The van der Waals surface area contributed by atoms with E-state index in [1.807, 2.05) is 6.92 Å². The van der Waals surface area contributed by atoms with Crippen LogP contribution in [-0.2, 0) is 4.57 Å². The second-order valence-corrected chi connectivity index (χ2v) is 6.34. The molecule has 0 radical (unpaired) electrons. The predicted molar refractivity (Wildman–Crippen MR) is 85.8 cm³/mol. The van der Waals surface area contributed by atoms with Crippen LogP contribution in [0.2, 0.25) is 0 Å². The standard InChI is InChI=1S/C11H23N6O5P/c1-2-12-9-14-10(13-3-8-23(20,21)22)16-11(15-9)17(4-6-18)5-7-19/h18-19H,2-8H2,1H3,(H2,20,21,22)(H2,12,13,14,15,16). The summed E-state index contributed by atoms with van der Waals surface area (Å²) in [5.41, 5.74) is 0. The number of hydrogen-bond donors (Lipinski definition) is 6. The summed E-state index contributed by atoms with van der Waals surface area (Å²) in [4.78, 5) is 31.7. The van der Waals surface area contributed by atoms with Crippen molar-refractivity contribution in [3.63, 3.8) is 0 Å². The van der Waals surface area contributed by atoms with Crippen molar-refractivity contribution in [2.75, 3.05) is 61.1 Å². The van der Waals surface area contributed by atoms with Gasteiger partial charge in [0, 0.05) is 26.2 Å². The van der Waals surface area contributed by atoms with Crippen molar-refractivity contribution in [3.8, 4) is 0 Å². The first-order valence-electron chi connectivity index (χ1n) is 7.14. The van der Waals surface area contributed by atoms with Crippen LogP contribution < -0.4 is 15.5 Å². The largest absolute Gasteiger partial charge is 0.395 e. The van der Waals surface area contributed by atoms with Gasteiger partial charge in [-0.25, -0.2) is 0 Å². The molecule has 0 aliphatic heterocycles. The third-order valence-electron chi connectivity index (χ3n) is 2.67. The van der Waals surface area contributed by atoms with Gasteiger partial charge in [-0.2, -0.15) is 15.0 Å². The van der Waals surface area contributed by atoms with Crippen LogP contribution in [0.15, 0.2) is 0 Å². The summed E-state index contributed by atoms with van der Waals surface area (Å²) in [6.45, 7) is 2.64. The molecule has 132 valence electrons. The van der Waals surface area contributed by atoms with Crippen LogP contribution in [0.1, 0.15) is 6.92 Å². The van der Waals surface area contributed by atoms with Crippen molar-refractivity contribution in [1.82, 2.24) is 15.0 Å². The monoisotopic (exact) mass is 350 g/mol.